The lowest BCUT2D eigenvalue weighted by molar-refractivity contribution is 0.102. The van der Waals surface area contributed by atoms with Crippen molar-refractivity contribution in [1.82, 2.24) is 4.98 Å². The first kappa shape index (κ1) is 18.2. The number of rotatable bonds is 4. The minimum absolute atomic E-state index is 0.172. The van der Waals surface area contributed by atoms with E-state index in [4.69, 9.17) is 13.9 Å². The van der Waals surface area contributed by atoms with E-state index >= 15 is 0 Å². The van der Waals surface area contributed by atoms with Gasteiger partial charge in [-0.1, -0.05) is 26.0 Å². The Morgan fingerprint density at radius 3 is 2.57 bits per heavy atom. The highest BCUT2D eigenvalue weighted by atomic mass is 16.7. The number of carbonyl (C=O) groups excluding carboxylic acids is 1. The van der Waals surface area contributed by atoms with E-state index < -0.39 is 0 Å². The summed E-state index contributed by atoms with van der Waals surface area (Å²) in [6, 6.07) is 18.7. The highest BCUT2D eigenvalue weighted by Gasteiger charge is 2.17. The van der Waals surface area contributed by atoms with Gasteiger partial charge in [0.25, 0.3) is 5.91 Å². The molecule has 1 N–H and O–H groups in total. The fourth-order valence-electron chi connectivity index (χ4n) is 3.38. The lowest BCUT2D eigenvalue weighted by Gasteiger charge is -2.05. The zero-order valence-corrected chi connectivity index (χ0v) is 16.6. The number of benzene rings is 3. The largest absolute Gasteiger partial charge is 0.454 e. The summed E-state index contributed by atoms with van der Waals surface area (Å²) in [6.07, 6.45) is 0. The summed E-state index contributed by atoms with van der Waals surface area (Å²) >= 11 is 0. The van der Waals surface area contributed by atoms with Crippen molar-refractivity contribution < 1.29 is 18.7 Å². The van der Waals surface area contributed by atoms with E-state index in [1.807, 2.05) is 18.2 Å². The zero-order valence-electron chi connectivity index (χ0n) is 16.6. The van der Waals surface area contributed by atoms with Crippen LogP contribution in [0.3, 0.4) is 0 Å². The molecule has 0 spiro atoms. The molecule has 3 aromatic carbocycles. The third-order valence-corrected chi connectivity index (χ3v) is 5.10. The lowest BCUT2D eigenvalue weighted by Crippen LogP contribution is -2.11. The Bertz CT molecular complexity index is 1240. The maximum absolute atomic E-state index is 12.6. The van der Waals surface area contributed by atoms with Crippen molar-refractivity contribution in [1.29, 1.82) is 0 Å². The van der Waals surface area contributed by atoms with Crippen LogP contribution < -0.4 is 14.8 Å². The second-order valence-electron chi connectivity index (χ2n) is 7.50. The first-order valence-corrected chi connectivity index (χ1v) is 9.79. The van der Waals surface area contributed by atoms with E-state index in [1.165, 1.54) is 5.56 Å². The number of ether oxygens (including phenoxy) is 2. The van der Waals surface area contributed by atoms with E-state index in [0.717, 1.165) is 5.56 Å². The van der Waals surface area contributed by atoms with Crippen molar-refractivity contribution in [2.75, 3.05) is 12.1 Å². The Labute approximate surface area is 173 Å². The molecule has 0 unspecified atom stereocenters. The van der Waals surface area contributed by atoms with Gasteiger partial charge in [-0.3, -0.25) is 4.79 Å². The number of aromatic nitrogens is 1. The minimum Gasteiger partial charge on any atom is -0.454 e. The zero-order chi connectivity index (χ0) is 20.7. The second-order valence-corrected chi connectivity index (χ2v) is 7.50. The SMILES string of the molecule is CC(C)c1ccc(-c2nc3cc(NC(=O)c4ccc5c(c4)OCO5)ccc3o2)cc1. The Morgan fingerprint density at radius 1 is 0.967 bits per heavy atom. The first-order chi connectivity index (χ1) is 14.6. The molecule has 0 radical (unpaired) electrons. The van der Waals surface area contributed by atoms with Crippen LogP contribution in [0, 0.1) is 0 Å². The van der Waals surface area contributed by atoms with Gasteiger partial charge in [0.05, 0.1) is 0 Å². The van der Waals surface area contributed by atoms with Crippen LogP contribution >= 0.6 is 0 Å². The fourth-order valence-corrected chi connectivity index (χ4v) is 3.38. The van der Waals surface area contributed by atoms with Crippen molar-refractivity contribution in [3.8, 4) is 23.0 Å². The average molecular weight is 400 g/mol. The number of nitrogens with one attached hydrogen (secondary N) is 1. The van der Waals surface area contributed by atoms with Crippen molar-refractivity contribution in [2.45, 2.75) is 19.8 Å². The molecule has 2 heterocycles. The van der Waals surface area contributed by atoms with Gasteiger partial charge in [-0.15, -0.1) is 0 Å². The Balaban J connectivity index is 1.38. The molecule has 1 aliphatic rings. The molecular weight excluding hydrogens is 380 g/mol. The van der Waals surface area contributed by atoms with E-state index in [1.54, 1.807) is 30.3 Å². The molecule has 4 aromatic rings. The van der Waals surface area contributed by atoms with Crippen LogP contribution in [0.5, 0.6) is 11.5 Å². The predicted octanol–water partition coefficient (Wildman–Crippen LogP) is 5.60. The van der Waals surface area contributed by atoms with Crippen molar-refractivity contribution in [2.24, 2.45) is 0 Å². The highest BCUT2D eigenvalue weighted by molar-refractivity contribution is 6.05. The summed E-state index contributed by atoms with van der Waals surface area (Å²) in [4.78, 5) is 17.2. The minimum atomic E-state index is -0.236. The number of anilines is 1. The number of carbonyl (C=O) groups is 1. The summed E-state index contributed by atoms with van der Waals surface area (Å²) in [6.45, 7) is 4.49. The summed E-state index contributed by atoms with van der Waals surface area (Å²) in [5.74, 6) is 2.01. The summed E-state index contributed by atoms with van der Waals surface area (Å²) in [5, 5.41) is 2.89. The maximum Gasteiger partial charge on any atom is 0.255 e. The summed E-state index contributed by atoms with van der Waals surface area (Å²) in [5.41, 5.74) is 4.66. The molecule has 0 bridgehead atoms. The van der Waals surface area contributed by atoms with Gasteiger partial charge in [0.2, 0.25) is 12.7 Å². The number of fused-ring (bicyclic) bond motifs is 2. The summed E-state index contributed by atoms with van der Waals surface area (Å²) < 4.78 is 16.5. The predicted molar refractivity (Wildman–Crippen MR) is 114 cm³/mol. The van der Waals surface area contributed by atoms with Crippen molar-refractivity contribution in [3.05, 3.63) is 71.8 Å². The Kier molecular flexibility index (Phi) is 4.39. The van der Waals surface area contributed by atoms with Gasteiger partial charge in [-0.05, 0) is 60.0 Å². The molecule has 0 saturated carbocycles. The number of oxazole rings is 1. The fraction of sp³-hybridized carbons (Fsp3) is 0.167. The van der Waals surface area contributed by atoms with Crippen LogP contribution in [0.15, 0.2) is 65.1 Å². The van der Waals surface area contributed by atoms with Crippen LogP contribution in [0.4, 0.5) is 5.69 Å². The number of amides is 1. The molecule has 0 aliphatic carbocycles. The van der Waals surface area contributed by atoms with Crippen LogP contribution in [-0.4, -0.2) is 17.7 Å². The maximum atomic E-state index is 12.6. The van der Waals surface area contributed by atoms with E-state index in [9.17, 15) is 4.79 Å². The molecule has 30 heavy (non-hydrogen) atoms. The molecule has 1 aromatic heterocycles. The third-order valence-electron chi connectivity index (χ3n) is 5.10. The van der Waals surface area contributed by atoms with Gasteiger partial charge < -0.3 is 19.2 Å². The van der Waals surface area contributed by atoms with E-state index in [-0.39, 0.29) is 12.7 Å². The van der Waals surface area contributed by atoms with E-state index in [0.29, 0.717) is 45.7 Å². The highest BCUT2D eigenvalue weighted by Crippen LogP contribution is 2.33. The molecule has 6 nitrogen and oxygen atoms in total. The van der Waals surface area contributed by atoms with Crippen molar-refractivity contribution in [3.63, 3.8) is 0 Å². The quantitative estimate of drug-likeness (QED) is 0.483. The molecule has 150 valence electrons. The van der Waals surface area contributed by atoms with Gasteiger partial charge in [0.15, 0.2) is 17.1 Å². The molecule has 0 atom stereocenters. The van der Waals surface area contributed by atoms with Gasteiger partial charge in [-0.2, -0.15) is 0 Å². The molecule has 0 saturated heterocycles. The Morgan fingerprint density at radius 2 is 1.77 bits per heavy atom. The van der Waals surface area contributed by atoms with Crippen molar-refractivity contribution >= 4 is 22.7 Å². The number of hydrogen-bond acceptors (Lipinski definition) is 5. The summed E-state index contributed by atoms with van der Waals surface area (Å²) in [7, 11) is 0. The Hall–Kier alpha value is -3.80. The number of hydrogen-bond donors (Lipinski definition) is 1. The molecule has 1 amide bonds. The standard InChI is InChI=1S/C24H20N2O4/c1-14(2)15-3-5-16(6-4-15)24-26-19-12-18(8-10-20(19)30-24)25-23(27)17-7-9-21-22(11-17)29-13-28-21/h3-12,14H,13H2,1-2H3,(H,25,27). The molecule has 6 heteroatoms. The monoisotopic (exact) mass is 400 g/mol. The molecular formula is C24H20N2O4. The van der Waals surface area contributed by atoms with Gasteiger partial charge in [0.1, 0.15) is 5.52 Å². The van der Waals surface area contributed by atoms with Gasteiger partial charge in [-0.25, -0.2) is 4.98 Å². The number of nitrogens with zero attached hydrogens (tertiary/aromatic N) is 1. The van der Waals surface area contributed by atoms with Crippen LogP contribution in [0.2, 0.25) is 0 Å². The average Bonchev–Trinajstić information content (AvgIpc) is 3.39. The third kappa shape index (κ3) is 3.37. The van der Waals surface area contributed by atoms with E-state index in [2.05, 4.69) is 36.3 Å². The van der Waals surface area contributed by atoms with Crippen LogP contribution in [0.1, 0.15) is 35.7 Å². The first-order valence-electron chi connectivity index (χ1n) is 9.79. The van der Waals surface area contributed by atoms with Crippen LogP contribution in [0.25, 0.3) is 22.6 Å². The second kappa shape index (κ2) is 7.22. The van der Waals surface area contributed by atoms with Gasteiger partial charge >= 0.3 is 0 Å². The molecule has 5 rings (SSSR count). The van der Waals surface area contributed by atoms with Gasteiger partial charge in [0, 0.05) is 16.8 Å². The molecule has 0 fully saturated rings. The van der Waals surface area contributed by atoms with Crippen LogP contribution in [-0.2, 0) is 0 Å². The molecule has 1 aliphatic heterocycles. The smallest absolute Gasteiger partial charge is 0.255 e. The topological polar surface area (TPSA) is 73.6 Å². The lowest BCUT2D eigenvalue weighted by atomic mass is 10.0. The normalized spacial score (nSPS) is 12.5.